The van der Waals surface area contributed by atoms with Crippen LogP contribution in [0.1, 0.15) is 48.0 Å². The van der Waals surface area contributed by atoms with E-state index in [0.29, 0.717) is 5.56 Å². The van der Waals surface area contributed by atoms with E-state index in [1.165, 1.54) is 5.56 Å². The third-order valence-electron chi connectivity index (χ3n) is 3.94. The van der Waals surface area contributed by atoms with Crippen LogP contribution >= 0.6 is 0 Å². The van der Waals surface area contributed by atoms with Gasteiger partial charge in [0.15, 0.2) is 11.7 Å². The molecule has 1 aromatic carbocycles. The van der Waals surface area contributed by atoms with Gasteiger partial charge in [-0.1, -0.05) is 51.1 Å². The van der Waals surface area contributed by atoms with Gasteiger partial charge in [0.1, 0.15) is 6.54 Å². The van der Waals surface area contributed by atoms with Gasteiger partial charge < -0.3 is 16.0 Å². The minimum Gasteiger partial charge on any atom is -0.370 e. The Balaban J connectivity index is 2.44. The third-order valence-corrected chi connectivity index (χ3v) is 3.94. The fraction of sp³-hybridized carbons (Fsp3) is 0.368. The standard InChI is InChI=1S/C19H26N4O/c1-13-15(16(24)10-22-18(20)21)12-23(17(13)19(2,3)4)11-14-8-6-5-7-9-14/h5-9,12H,10-11H2,1-4H3,(H4,20,21,22). The Morgan fingerprint density at radius 2 is 1.79 bits per heavy atom. The van der Waals surface area contributed by atoms with E-state index in [-0.39, 0.29) is 23.7 Å². The number of aliphatic imine (C=N–C) groups is 1. The summed E-state index contributed by atoms with van der Waals surface area (Å²) in [5.74, 6) is -0.140. The van der Waals surface area contributed by atoms with Crippen molar-refractivity contribution in [3.05, 3.63) is 58.9 Å². The van der Waals surface area contributed by atoms with Crippen molar-refractivity contribution in [2.24, 2.45) is 16.5 Å². The molecule has 0 saturated heterocycles. The monoisotopic (exact) mass is 326 g/mol. The zero-order chi connectivity index (χ0) is 17.9. The number of benzene rings is 1. The molecule has 0 atom stereocenters. The molecule has 128 valence electrons. The van der Waals surface area contributed by atoms with Gasteiger partial charge in [0.2, 0.25) is 0 Å². The second kappa shape index (κ2) is 6.91. The number of rotatable bonds is 5. The Bertz CT molecular complexity index is 748. The van der Waals surface area contributed by atoms with Crippen molar-refractivity contribution in [3.63, 3.8) is 0 Å². The molecule has 5 nitrogen and oxygen atoms in total. The molecule has 0 aliphatic heterocycles. The maximum Gasteiger partial charge on any atom is 0.186 e. The zero-order valence-electron chi connectivity index (χ0n) is 14.8. The highest BCUT2D eigenvalue weighted by atomic mass is 16.1. The van der Waals surface area contributed by atoms with Gasteiger partial charge >= 0.3 is 0 Å². The highest BCUT2D eigenvalue weighted by Crippen LogP contribution is 2.30. The lowest BCUT2D eigenvalue weighted by Gasteiger charge is -2.23. The van der Waals surface area contributed by atoms with Crippen LogP contribution in [0.25, 0.3) is 0 Å². The van der Waals surface area contributed by atoms with Crippen molar-refractivity contribution in [3.8, 4) is 0 Å². The zero-order valence-corrected chi connectivity index (χ0v) is 14.8. The summed E-state index contributed by atoms with van der Waals surface area (Å²) in [6.45, 7) is 9.15. The molecular weight excluding hydrogens is 300 g/mol. The van der Waals surface area contributed by atoms with E-state index in [4.69, 9.17) is 11.5 Å². The van der Waals surface area contributed by atoms with Crippen LogP contribution in [-0.2, 0) is 12.0 Å². The van der Waals surface area contributed by atoms with Gasteiger partial charge in [-0.05, 0) is 18.1 Å². The number of nitrogens with two attached hydrogens (primary N) is 2. The molecule has 4 N–H and O–H groups in total. The molecule has 2 rings (SSSR count). The van der Waals surface area contributed by atoms with Crippen LogP contribution in [0.3, 0.4) is 0 Å². The predicted molar refractivity (Wildman–Crippen MR) is 98.4 cm³/mol. The Kier molecular flexibility index (Phi) is 5.12. The van der Waals surface area contributed by atoms with E-state index in [1.54, 1.807) is 0 Å². The average molecular weight is 326 g/mol. The highest BCUT2D eigenvalue weighted by molar-refractivity contribution is 6.00. The number of aromatic nitrogens is 1. The summed E-state index contributed by atoms with van der Waals surface area (Å²) in [4.78, 5) is 16.3. The maximum absolute atomic E-state index is 12.5. The van der Waals surface area contributed by atoms with Gasteiger partial charge in [-0.2, -0.15) is 0 Å². The molecule has 0 amide bonds. The quantitative estimate of drug-likeness (QED) is 0.503. The van der Waals surface area contributed by atoms with Gasteiger partial charge in [-0.15, -0.1) is 0 Å². The first-order valence-electron chi connectivity index (χ1n) is 8.03. The Morgan fingerprint density at radius 1 is 1.17 bits per heavy atom. The molecule has 1 aromatic heterocycles. The molecule has 0 aliphatic carbocycles. The lowest BCUT2D eigenvalue weighted by atomic mass is 9.88. The molecule has 0 unspecified atom stereocenters. The lowest BCUT2D eigenvalue weighted by Crippen LogP contribution is -2.24. The first-order chi connectivity index (χ1) is 11.2. The van der Waals surface area contributed by atoms with Crippen LogP contribution in [0.2, 0.25) is 0 Å². The van der Waals surface area contributed by atoms with E-state index in [2.05, 4.69) is 42.5 Å². The fourth-order valence-electron chi connectivity index (χ4n) is 3.09. The molecule has 0 spiro atoms. The van der Waals surface area contributed by atoms with E-state index in [1.807, 2.05) is 31.3 Å². The second-order valence-electron chi connectivity index (χ2n) is 7.04. The van der Waals surface area contributed by atoms with Crippen molar-refractivity contribution in [1.82, 2.24) is 4.57 Å². The van der Waals surface area contributed by atoms with Crippen molar-refractivity contribution in [2.45, 2.75) is 39.7 Å². The number of carbonyl (C=O) groups is 1. The summed E-state index contributed by atoms with van der Waals surface area (Å²) in [6, 6.07) is 10.2. The number of ketones is 1. The first-order valence-corrected chi connectivity index (χ1v) is 8.03. The van der Waals surface area contributed by atoms with Gasteiger partial charge in [0.25, 0.3) is 0 Å². The molecule has 0 fully saturated rings. The number of nitrogens with zero attached hydrogens (tertiary/aromatic N) is 2. The summed E-state index contributed by atoms with van der Waals surface area (Å²) in [6.07, 6.45) is 1.92. The van der Waals surface area contributed by atoms with Gasteiger partial charge in [-0.25, -0.2) is 4.99 Å². The molecule has 0 radical (unpaired) electrons. The highest BCUT2D eigenvalue weighted by Gasteiger charge is 2.26. The summed E-state index contributed by atoms with van der Waals surface area (Å²) >= 11 is 0. The number of carbonyl (C=O) groups excluding carboxylic acids is 1. The first kappa shape index (κ1) is 17.8. The minimum atomic E-state index is -0.0758. The van der Waals surface area contributed by atoms with Crippen LogP contribution < -0.4 is 11.5 Å². The number of Topliss-reactive ketones (excluding diaryl/α,β-unsaturated/α-hetero) is 1. The van der Waals surface area contributed by atoms with Crippen LogP contribution in [0.15, 0.2) is 41.5 Å². The summed E-state index contributed by atoms with van der Waals surface area (Å²) in [7, 11) is 0. The van der Waals surface area contributed by atoms with E-state index < -0.39 is 0 Å². The largest absolute Gasteiger partial charge is 0.370 e. The van der Waals surface area contributed by atoms with Crippen molar-refractivity contribution >= 4 is 11.7 Å². The lowest BCUT2D eigenvalue weighted by molar-refractivity contribution is 0.100. The summed E-state index contributed by atoms with van der Waals surface area (Å²) < 4.78 is 2.16. The maximum atomic E-state index is 12.5. The molecule has 0 bridgehead atoms. The van der Waals surface area contributed by atoms with Crippen molar-refractivity contribution in [1.29, 1.82) is 0 Å². The molecule has 24 heavy (non-hydrogen) atoms. The van der Waals surface area contributed by atoms with Gasteiger partial charge in [0, 0.05) is 29.4 Å². The molecule has 1 heterocycles. The number of guanidine groups is 1. The normalized spacial score (nSPS) is 11.3. The van der Waals surface area contributed by atoms with Crippen molar-refractivity contribution < 1.29 is 4.79 Å². The smallest absolute Gasteiger partial charge is 0.186 e. The van der Waals surface area contributed by atoms with Crippen LogP contribution in [0.5, 0.6) is 0 Å². The SMILES string of the molecule is Cc1c(C(=O)CN=C(N)N)cn(Cc2ccccc2)c1C(C)(C)C. The summed E-state index contributed by atoms with van der Waals surface area (Å²) in [5.41, 5.74) is 14.6. The average Bonchev–Trinajstić information content (AvgIpc) is 2.82. The Labute approximate surface area is 143 Å². The van der Waals surface area contributed by atoms with Crippen LogP contribution in [-0.4, -0.2) is 22.9 Å². The van der Waals surface area contributed by atoms with Crippen LogP contribution in [0, 0.1) is 6.92 Å². The fourth-order valence-corrected chi connectivity index (χ4v) is 3.09. The number of hydrogen-bond acceptors (Lipinski definition) is 2. The molecule has 0 aliphatic rings. The Hall–Kier alpha value is -2.56. The van der Waals surface area contributed by atoms with E-state index in [0.717, 1.165) is 17.8 Å². The minimum absolute atomic E-state index is 0.0257. The van der Waals surface area contributed by atoms with E-state index in [9.17, 15) is 4.79 Å². The predicted octanol–water partition coefficient (Wildman–Crippen LogP) is 2.60. The Morgan fingerprint density at radius 3 is 2.33 bits per heavy atom. The second-order valence-corrected chi connectivity index (χ2v) is 7.04. The van der Waals surface area contributed by atoms with Crippen molar-refractivity contribution in [2.75, 3.05) is 6.54 Å². The molecule has 5 heteroatoms. The third kappa shape index (κ3) is 4.04. The summed E-state index contributed by atoms with van der Waals surface area (Å²) in [5, 5.41) is 0. The van der Waals surface area contributed by atoms with Gasteiger partial charge in [-0.3, -0.25) is 4.79 Å². The van der Waals surface area contributed by atoms with Crippen LogP contribution in [0.4, 0.5) is 0 Å². The molecular formula is C19H26N4O. The van der Waals surface area contributed by atoms with E-state index >= 15 is 0 Å². The number of hydrogen-bond donors (Lipinski definition) is 2. The molecule has 2 aromatic rings. The topological polar surface area (TPSA) is 86.4 Å². The molecule has 0 saturated carbocycles. The van der Waals surface area contributed by atoms with Gasteiger partial charge in [0.05, 0.1) is 0 Å².